The Morgan fingerprint density at radius 1 is 1.41 bits per heavy atom. The van der Waals surface area contributed by atoms with Crippen molar-refractivity contribution < 1.29 is 4.79 Å². The van der Waals surface area contributed by atoms with Crippen LogP contribution in [0.2, 0.25) is 0 Å². The summed E-state index contributed by atoms with van der Waals surface area (Å²) in [4.78, 5) is 32.8. The van der Waals surface area contributed by atoms with Crippen molar-refractivity contribution >= 4 is 5.91 Å². The molecule has 114 valence electrons. The molecule has 2 heterocycles. The number of aryl methyl sites for hydroxylation is 2. The summed E-state index contributed by atoms with van der Waals surface area (Å²) < 4.78 is 1.43. The molecule has 2 aromatic heterocycles. The van der Waals surface area contributed by atoms with Gasteiger partial charge in [0.2, 0.25) is 0 Å². The predicted octanol–water partition coefficient (Wildman–Crippen LogP) is 1.36. The van der Waals surface area contributed by atoms with Gasteiger partial charge in [-0.2, -0.15) is 0 Å². The molecule has 1 saturated carbocycles. The molecule has 0 radical (unpaired) electrons. The molecule has 3 rings (SSSR count). The summed E-state index contributed by atoms with van der Waals surface area (Å²) in [5.41, 5.74) is 1.03. The Morgan fingerprint density at radius 3 is 2.82 bits per heavy atom. The summed E-state index contributed by atoms with van der Waals surface area (Å²) in [6.45, 7) is 1.90. The van der Waals surface area contributed by atoms with E-state index in [-0.39, 0.29) is 17.5 Å². The van der Waals surface area contributed by atoms with Gasteiger partial charge in [-0.15, -0.1) is 0 Å². The maximum absolute atomic E-state index is 12.4. The van der Waals surface area contributed by atoms with Crippen molar-refractivity contribution in [1.29, 1.82) is 0 Å². The van der Waals surface area contributed by atoms with Crippen molar-refractivity contribution in [2.45, 2.75) is 25.8 Å². The first-order valence-corrected chi connectivity index (χ1v) is 7.31. The van der Waals surface area contributed by atoms with Gasteiger partial charge in [-0.25, -0.2) is 9.97 Å². The van der Waals surface area contributed by atoms with Gasteiger partial charge in [0.1, 0.15) is 0 Å². The van der Waals surface area contributed by atoms with Crippen LogP contribution in [0.5, 0.6) is 0 Å². The van der Waals surface area contributed by atoms with Crippen molar-refractivity contribution in [3.05, 3.63) is 58.0 Å². The molecule has 0 aromatic carbocycles. The van der Waals surface area contributed by atoms with E-state index in [1.54, 1.807) is 25.5 Å². The molecule has 0 unspecified atom stereocenters. The van der Waals surface area contributed by atoms with Gasteiger partial charge in [-0.05, 0) is 37.8 Å². The van der Waals surface area contributed by atoms with Crippen LogP contribution in [-0.2, 0) is 7.05 Å². The molecule has 1 fully saturated rings. The zero-order chi connectivity index (χ0) is 15.7. The molecule has 22 heavy (non-hydrogen) atoms. The van der Waals surface area contributed by atoms with Crippen LogP contribution in [-0.4, -0.2) is 20.4 Å². The van der Waals surface area contributed by atoms with Crippen molar-refractivity contribution in [3.8, 4) is 0 Å². The second-order valence-corrected chi connectivity index (χ2v) is 5.71. The molecule has 1 atom stereocenters. The van der Waals surface area contributed by atoms with Gasteiger partial charge in [-0.3, -0.25) is 9.59 Å². The lowest BCUT2D eigenvalue weighted by molar-refractivity contribution is 0.0929. The van der Waals surface area contributed by atoms with Crippen molar-refractivity contribution in [3.63, 3.8) is 0 Å². The van der Waals surface area contributed by atoms with E-state index in [0.29, 0.717) is 17.3 Å². The molecule has 0 saturated heterocycles. The summed E-state index contributed by atoms with van der Waals surface area (Å²) in [6.07, 6.45) is 5.40. The van der Waals surface area contributed by atoms with Gasteiger partial charge >= 0.3 is 0 Å². The number of carbonyl (C=O) groups excluding carboxylic acids is 1. The highest BCUT2D eigenvalue weighted by Gasteiger charge is 2.35. The number of rotatable bonds is 4. The number of nitrogens with zero attached hydrogens (tertiary/aromatic N) is 3. The minimum Gasteiger partial charge on any atom is -0.342 e. The molecular formula is C16H18N4O2. The molecule has 6 heteroatoms. The molecule has 0 aliphatic heterocycles. The van der Waals surface area contributed by atoms with Gasteiger partial charge < -0.3 is 9.88 Å². The third-order valence-electron chi connectivity index (χ3n) is 3.84. The van der Waals surface area contributed by atoms with E-state index in [4.69, 9.17) is 0 Å². The lowest BCUT2D eigenvalue weighted by Gasteiger charge is -2.17. The van der Waals surface area contributed by atoms with Crippen LogP contribution >= 0.6 is 0 Å². The summed E-state index contributed by atoms with van der Waals surface area (Å²) >= 11 is 0. The van der Waals surface area contributed by atoms with Crippen LogP contribution in [0, 0.1) is 12.8 Å². The highest BCUT2D eigenvalue weighted by Crippen LogP contribution is 2.40. The topological polar surface area (TPSA) is 76.9 Å². The lowest BCUT2D eigenvalue weighted by atomic mass is 10.1. The molecule has 1 aliphatic carbocycles. The van der Waals surface area contributed by atoms with Crippen LogP contribution in [0.1, 0.15) is 40.8 Å². The van der Waals surface area contributed by atoms with Crippen molar-refractivity contribution in [2.24, 2.45) is 13.0 Å². The zero-order valence-electron chi connectivity index (χ0n) is 12.6. The highest BCUT2D eigenvalue weighted by atomic mass is 16.2. The standard InChI is InChI=1S/C16H18N4O2/c1-10-5-7-17-15(18-10)14(11-3-4-11)19-16(22)12-6-8-20(2)13(21)9-12/h5-9,11,14H,3-4H2,1-2H3,(H,19,22)/t14-/m1/s1. The normalized spacial score (nSPS) is 15.4. The number of hydrogen-bond donors (Lipinski definition) is 1. The molecule has 1 aliphatic rings. The van der Waals surface area contributed by atoms with Crippen LogP contribution in [0.15, 0.2) is 35.4 Å². The van der Waals surface area contributed by atoms with E-state index < -0.39 is 0 Å². The van der Waals surface area contributed by atoms with E-state index in [9.17, 15) is 9.59 Å². The van der Waals surface area contributed by atoms with Crippen molar-refractivity contribution in [2.75, 3.05) is 0 Å². The quantitative estimate of drug-likeness (QED) is 0.924. The number of nitrogens with one attached hydrogen (secondary N) is 1. The molecular weight excluding hydrogens is 280 g/mol. The Kier molecular flexibility index (Phi) is 3.75. The van der Waals surface area contributed by atoms with E-state index in [0.717, 1.165) is 18.5 Å². The number of hydrogen-bond acceptors (Lipinski definition) is 4. The first-order chi connectivity index (χ1) is 10.5. The Bertz CT molecular complexity index is 765. The van der Waals surface area contributed by atoms with E-state index in [1.807, 2.05) is 13.0 Å². The number of aromatic nitrogens is 3. The van der Waals surface area contributed by atoms with Gasteiger partial charge in [-0.1, -0.05) is 0 Å². The van der Waals surface area contributed by atoms with Gasteiger partial charge in [0, 0.05) is 36.8 Å². The molecule has 1 N–H and O–H groups in total. The van der Waals surface area contributed by atoms with Gasteiger partial charge in [0.25, 0.3) is 11.5 Å². The first kappa shape index (κ1) is 14.4. The lowest BCUT2D eigenvalue weighted by Crippen LogP contribution is -2.32. The fourth-order valence-corrected chi connectivity index (χ4v) is 2.36. The number of carbonyl (C=O) groups is 1. The molecule has 0 spiro atoms. The average molecular weight is 298 g/mol. The zero-order valence-corrected chi connectivity index (χ0v) is 12.6. The fraction of sp³-hybridized carbons (Fsp3) is 0.375. The Hall–Kier alpha value is -2.50. The summed E-state index contributed by atoms with van der Waals surface area (Å²) in [7, 11) is 1.65. The maximum atomic E-state index is 12.4. The van der Waals surface area contributed by atoms with E-state index in [1.165, 1.54) is 10.6 Å². The SMILES string of the molecule is Cc1ccnc([C@H](NC(=O)c2ccn(C)c(=O)c2)C2CC2)n1. The summed E-state index contributed by atoms with van der Waals surface area (Å²) in [5.74, 6) is 0.747. The van der Waals surface area contributed by atoms with E-state index in [2.05, 4.69) is 15.3 Å². The maximum Gasteiger partial charge on any atom is 0.252 e. The average Bonchev–Trinajstić information content (AvgIpc) is 3.32. The highest BCUT2D eigenvalue weighted by molar-refractivity contribution is 5.94. The summed E-state index contributed by atoms with van der Waals surface area (Å²) in [5, 5.41) is 2.97. The van der Waals surface area contributed by atoms with Gasteiger partial charge in [0.05, 0.1) is 6.04 Å². The van der Waals surface area contributed by atoms with E-state index >= 15 is 0 Å². The Labute approximate surface area is 128 Å². The predicted molar refractivity (Wildman–Crippen MR) is 81.4 cm³/mol. The van der Waals surface area contributed by atoms with Crippen LogP contribution in [0.25, 0.3) is 0 Å². The smallest absolute Gasteiger partial charge is 0.252 e. The van der Waals surface area contributed by atoms with Crippen LogP contribution in [0.3, 0.4) is 0 Å². The Morgan fingerprint density at radius 2 is 2.18 bits per heavy atom. The largest absolute Gasteiger partial charge is 0.342 e. The van der Waals surface area contributed by atoms with Crippen molar-refractivity contribution in [1.82, 2.24) is 19.9 Å². The third kappa shape index (κ3) is 3.05. The number of pyridine rings is 1. The third-order valence-corrected chi connectivity index (χ3v) is 3.84. The van der Waals surface area contributed by atoms with Crippen LogP contribution < -0.4 is 10.9 Å². The minimum atomic E-state index is -0.264. The second kappa shape index (κ2) is 5.71. The molecule has 0 bridgehead atoms. The molecule has 6 nitrogen and oxygen atoms in total. The fourth-order valence-electron chi connectivity index (χ4n) is 2.36. The first-order valence-electron chi connectivity index (χ1n) is 7.31. The Balaban J connectivity index is 1.83. The van der Waals surface area contributed by atoms with Crippen LogP contribution in [0.4, 0.5) is 0 Å². The number of amides is 1. The molecule has 1 amide bonds. The second-order valence-electron chi connectivity index (χ2n) is 5.71. The summed E-state index contributed by atoms with van der Waals surface area (Å²) in [6, 6.07) is 4.61. The molecule has 2 aromatic rings. The minimum absolute atomic E-state index is 0.198. The van der Waals surface area contributed by atoms with Gasteiger partial charge in [0.15, 0.2) is 5.82 Å². The monoisotopic (exact) mass is 298 g/mol.